The molecule has 1 saturated heterocycles. The number of imidazole rings is 1. The summed E-state index contributed by atoms with van der Waals surface area (Å²) in [6.07, 6.45) is 4.83. The molecule has 1 atom stereocenters. The first-order valence-corrected chi connectivity index (χ1v) is 9.95. The Bertz CT molecular complexity index is 1290. The molecule has 1 aliphatic heterocycles. The number of aromatic nitrogens is 4. The number of nitrogens with zero attached hydrogens (tertiary/aromatic N) is 5. The molecule has 0 amide bonds. The number of likely N-dealkylation sites (N-methyl/N-ethyl adjacent to an activating group) is 1. The summed E-state index contributed by atoms with van der Waals surface area (Å²) in [5.41, 5.74) is 6.38. The van der Waals surface area contributed by atoms with E-state index in [0.717, 1.165) is 58.9 Å². The highest BCUT2D eigenvalue weighted by molar-refractivity contribution is 5.69. The van der Waals surface area contributed by atoms with Gasteiger partial charge in [0, 0.05) is 36.4 Å². The number of hydrogen-bond donors (Lipinski definition) is 1. The lowest BCUT2D eigenvalue weighted by Gasteiger charge is -2.18. The second-order valence-electron chi connectivity index (χ2n) is 7.82. The Morgan fingerprint density at radius 1 is 1.17 bits per heavy atom. The van der Waals surface area contributed by atoms with E-state index in [1.54, 1.807) is 4.40 Å². The number of anilines is 1. The van der Waals surface area contributed by atoms with E-state index in [-0.39, 0.29) is 5.56 Å². The molecule has 0 aliphatic carbocycles. The fraction of sp³-hybridized carbons (Fsp3) is 0.318. The van der Waals surface area contributed by atoms with Crippen molar-refractivity contribution < 1.29 is 0 Å². The zero-order chi connectivity index (χ0) is 20.1. The molecule has 7 nitrogen and oxygen atoms in total. The molecule has 4 aromatic heterocycles. The van der Waals surface area contributed by atoms with Gasteiger partial charge in [-0.3, -0.25) is 9.20 Å². The molecule has 5 rings (SSSR count). The number of fused-ring (bicyclic) bond motifs is 2. The van der Waals surface area contributed by atoms with Gasteiger partial charge in [0.25, 0.3) is 5.56 Å². The van der Waals surface area contributed by atoms with Gasteiger partial charge in [-0.1, -0.05) is 0 Å². The predicted molar refractivity (Wildman–Crippen MR) is 115 cm³/mol. The summed E-state index contributed by atoms with van der Waals surface area (Å²) in [4.78, 5) is 19.7. The third kappa shape index (κ3) is 2.98. The lowest BCUT2D eigenvalue weighted by Crippen LogP contribution is -2.32. The molecule has 0 radical (unpaired) electrons. The highest BCUT2D eigenvalue weighted by Crippen LogP contribution is 2.23. The molecule has 0 spiro atoms. The Hall–Kier alpha value is -3.19. The molecule has 29 heavy (non-hydrogen) atoms. The molecule has 0 bridgehead atoms. The smallest absolute Gasteiger partial charge is 0.278 e. The van der Waals surface area contributed by atoms with E-state index < -0.39 is 0 Å². The monoisotopic (exact) mass is 388 g/mol. The van der Waals surface area contributed by atoms with E-state index >= 15 is 0 Å². The third-order valence-electron chi connectivity index (χ3n) is 5.80. The predicted octanol–water partition coefficient (Wildman–Crippen LogP) is 2.42. The summed E-state index contributed by atoms with van der Waals surface area (Å²) in [7, 11) is 1.97. The maximum Gasteiger partial charge on any atom is 0.278 e. The maximum atomic E-state index is 13.1. The van der Waals surface area contributed by atoms with Gasteiger partial charge in [0.05, 0.1) is 17.6 Å². The normalized spacial score (nSPS) is 16.9. The van der Waals surface area contributed by atoms with Gasteiger partial charge in [0.1, 0.15) is 5.69 Å². The quantitative estimate of drug-likeness (QED) is 0.584. The van der Waals surface area contributed by atoms with E-state index in [1.807, 2.05) is 68.1 Å². The van der Waals surface area contributed by atoms with Crippen LogP contribution in [0, 0.1) is 13.8 Å². The van der Waals surface area contributed by atoms with Gasteiger partial charge in [0.15, 0.2) is 5.65 Å². The SMILES string of the molecule is CNC1CCN(c2ccc3cc(-c4cc(C)c5nc(C)cn5n4)ccn3c2=O)C1. The van der Waals surface area contributed by atoms with E-state index in [1.165, 1.54) is 0 Å². The zero-order valence-corrected chi connectivity index (χ0v) is 16.9. The van der Waals surface area contributed by atoms with Crippen molar-refractivity contribution in [2.75, 3.05) is 25.0 Å². The van der Waals surface area contributed by atoms with Crippen LogP contribution in [0.15, 0.2) is 47.5 Å². The number of hydrogen-bond acceptors (Lipinski definition) is 5. The van der Waals surface area contributed by atoms with Crippen LogP contribution in [0.2, 0.25) is 0 Å². The van der Waals surface area contributed by atoms with Crippen molar-refractivity contribution in [2.45, 2.75) is 26.3 Å². The van der Waals surface area contributed by atoms with Crippen molar-refractivity contribution in [3.63, 3.8) is 0 Å². The van der Waals surface area contributed by atoms with Crippen molar-refractivity contribution in [1.29, 1.82) is 0 Å². The Labute approximate surface area is 168 Å². The molecule has 1 aliphatic rings. The first-order chi connectivity index (χ1) is 14.0. The van der Waals surface area contributed by atoms with Gasteiger partial charge >= 0.3 is 0 Å². The fourth-order valence-electron chi connectivity index (χ4n) is 4.19. The molecular formula is C22H24N6O. The minimum Gasteiger partial charge on any atom is -0.365 e. The average Bonchev–Trinajstić information content (AvgIpc) is 3.34. The molecule has 0 aromatic carbocycles. The Kier molecular flexibility index (Phi) is 4.13. The zero-order valence-electron chi connectivity index (χ0n) is 16.9. The lowest BCUT2D eigenvalue weighted by molar-refractivity contribution is 0.617. The van der Waals surface area contributed by atoms with Crippen molar-refractivity contribution in [2.24, 2.45) is 0 Å². The topological polar surface area (TPSA) is 66.9 Å². The average molecular weight is 388 g/mol. The standard InChI is InChI=1S/C22H24N6O/c1-14-10-19(25-28-12-15(2)24-21(14)28)16-6-9-27-18(11-16)4-5-20(22(27)29)26-8-7-17(13-26)23-3/h4-6,9-12,17,23H,7-8,13H2,1-3H3. The Balaban J connectivity index is 1.56. The minimum atomic E-state index is 0.0237. The fourth-order valence-corrected chi connectivity index (χ4v) is 4.19. The number of pyridine rings is 2. The second kappa shape index (κ2) is 6.70. The van der Waals surface area contributed by atoms with Gasteiger partial charge in [0.2, 0.25) is 0 Å². The molecular weight excluding hydrogens is 364 g/mol. The van der Waals surface area contributed by atoms with Gasteiger partial charge in [-0.25, -0.2) is 9.50 Å². The van der Waals surface area contributed by atoms with Crippen LogP contribution in [0.1, 0.15) is 17.7 Å². The summed E-state index contributed by atoms with van der Waals surface area (Å²) in [5.74, 6) is 0. The largest absolute Gasteiger partial charge is 0.365 e. The molecule has 1 N–H and O–H groups in total. The molecule has 4 aromatic rings. The summed E-state index contributed by atoms with van der Waals surface area (Å²) < 4.78 is 3.54. The molecule has 5 heterocycles. The second-order valence-corrected chi connectivity index (χ2v) is 7.82. The summed E-state index contributed by atoms with van der Waals surface area (Å²) in [5, 5.41) is 8.01. The van der Waals surface area contributed by atoms with E-state index in [4.69, 9.17) is 5.10 Å². The van der Waals surface area contributed by atoms with Crippen LogP contribution in [0.5, 0.6) is 0 Å². The maximum absolute atomic E-state index is 13.1. The van der Waals surface area contributed by atoms with Crippen LogP contribution >= 0.6 is 0 Å². The van der Waals surface area contributed by atoms with Crippen LogP contribution in [0.3, 0.4) is 0 Å². The summed E-state index contributed by atoms with van der Waals surface area (Å²) >= 11 is 0. The summed E-state index contributed by atoms with van der Waals surface area (Å²) in [6, 6.07) is 10.4. The van der Waals surface area contributed by atoms with E-state index in [0.29, 0.717) is 6.04 Å². The highest BCUT2D eigenvalue weighted by Gasteiger charge is 2.23. The van der Waals surface area contributed by atoms with Crippen molar-refractivity contribution in [1.82, 2.24) is 24.3 Å². The molecule has 1 unspecified atom stereocenters. The molecule has 7 heteroatoms. The van der Waals surface area contributed by atoms with Crippen LogP contribution in [0.4, 0.5) is 5.69 Å². The number of rotatable bonds is 3. The van der Waals surface area contributed by atoms with Gasteiger partial charge in [-0.15, -0.1) is 0 Å². The minimum absolute atomic E-state index is 0.0237. The Morgan fingerprint density at radius 3 is 2.83 bits per heavy atom. The molecule has 0 saturated carbocycles. The van der Waals surface area contributed by atoms with Crippen LogP contribution in [-0.4, -0.2) is 45.2 Å². The van der Waals surface area contributed by atoms with Crippen molar-refractivity contribution in [3.8, 4) is 11.3 Å². The van der Waals surface area contributed by atoms with Crippen LogP contribution in [0.25, 0.3) is 22.4 Å². The van der Waals surface area contributed by atoms with E-state index in [2.05, 4.69) is 15.2 Å². The van der Waals surface area contributed by atoms with Gasteiger partial charge in [-0.2, -0.15) is 5.10 Å². The van der Waals surface area contributed by atoms with Crippen molar-refractivity contribution >= 4 is 16.9 Å². The van der Waals surface area contributed by atoms with Gasteiger partial charge in [-0.05, 0) is 63.2 Å². The molecule has 148 valence electrons. The number of nitrogens with one attached hydrogen (secondary N) is 1. The first-order valence-electron chi connectivity index (χ1n) is 9.95. The van der Waals surface area contributed by atoms with E-state index in [9.17, 15) is 4.79 Å². The third-order valence-corrected chi connectivity index (χ3v) is 5.80. The van der Waals surface area contributed by atoms with Crippen LogP contribution < -0.4 is 15.8 Å². The lowest BCUT2D eigenvalue weighted by atomic mass is 10.1. The Morgan fingerprint density at radius 2 is 2.03 bits per heavy atom. The first kappa shape index (κ1) is 17.9. The number of aryl methyl sites for hydroxylation is 2. The van der Waals surface area contributed by atoms with Crippen LogP contribution in [-0.2, 0) is 0 Å². The van der Waals surface area contributed by atoms with Crippen molar-refractivity contribution in [3.05, 3.63) is 64.3 Å². The highest BCUT2D eigenvalue weighted by atomic mass is 16.1. The summed E-state index contributed by atoms with van der Waals surface area (Å²) in [6.45, 7) is 5.77. The van der Waals surface area contributed by atoms with Gasteiger partial charge < -0.3 is 10.2 Å². The molecule has 1 fully saturated rings.